The number of anilines is 1. The summed E-state index contributed by atoms with van der Waals surface area (Å²) >= 11 is 0. The maximum absolute atomic E-state index is 14.8. The van der Waals surface area contributed by atoms with Gasteiger partial charge in [0.25, 0.3) is 5.91 Å². The summed E-state index contributed by atoms with van der Waals surface area (Å²) in [5, 5.41) is 12.1. The van der Waals surface area contributed by atoms with Crippen LogP contribution in [0.5, 0.6) is 5.75 Å². The Morgan fingerprint density at radius 3 is 2.41 bits per heavy atom. The number of ether oxygens (including phenoxy) is 2. The zero-order valence-electron chi connectivity index (χ0n) is 18.4. The summed E-state index contributed by atoms with van der Waals surface area (Å²) in [6.07, 6.45) is -0.851. The average Bonchev–Trinajstić information content (AvgIpc) is 2.71. The van der Waals surface area contributed by atoms with E-state index >= 15 is 0 Å². The quantitative estimate of drug-likeness (QED) is 0.694. The molecule has 0 fully saturated rings. The second-order valence-corrected chi connectivity index (χ2v) is 8.31. The van der Waals surface area contributed by atoms with Gasteiger partial charge < -0.3 is 19.9 Å². The van der Waals surface area contributed by atoms with Gasteiger partial charge in [-0.05, 0) is 41.8 Å². The standard InChI is InChI=1S/C23H26F2N2O5/c1-23(2,12-31-3)19-17(24)10-14(11-18(19)25)26-21(28)20-16-6-5-15(32-4)9-13(16)7-8-27(20)22(29)30/h5-6,9-11,20H,7-8,12H2,1-4H3,(H,26,28)(H,29,30). The SMILES string of the molecule is COCC(C)(C)c1c(F)cc(NC(=O)C2c3ccc(OC)cc3CCN2C(=O)O)cc1F. The number of hydrogen-bond acceptors (Lipinski definition) is 4. The number of rotatable bonds is 6. The number of fused-ring (bicyclic) bond motifs is 1. The summed E-state index contributed by atoms with van der Waals surface area (Å²) in [4.78, 5) is 25.9. The predicted octanol–water partition coefficient (Wildman–Crippen LogP) is 4.11. The number of hydrogen-bond donors (Lipinski definition) is 2. The summed E-state index contributed by atoms with van der Waals surface area (Å²) in [5.74, 6) is -1.77. The first kappa shape index (κ1) is 23.5. The zero-order valence-corrected chi connectivity index (χ0v) is 18.4. The number of nitrogens with one attached hydrogen (secondary N) is 1. The Morgan fingerprint density at radius 2 is 1.84 bits per heavy atom. The molecule has 1 aliphatic heterocycles. The van der Waals surface area contributed by atoms with E-state index in [-0.39, 0.29) is 24.4 Å². The van der Waals surface area contributed by atoms with E-state index in [1.807, 2.05) is 0 Å². The number of carbonyl (C=O) groups excluding carboxylic acids is 1. The average molecular weight is 448 g/mol. The molecule has 0 aromatic heterocycles. The molecular formula is C23H26F2N2O5. The number of halogens is 2. The molecule has 172 valence electrons. The van der Waals surface area contributed by atoms with Crippen LogP contribution in [0.15, 0.2) is 30.3 Å². The van der Waals surface area contributed by atoms with Crippen molar-refractivity contribution in [3.8, 4) is 5.75 Å². The van der Waals surface area contributed by atoms with Crippen molar-refractivity contribution in [1.29, 1.82) is 0 Å². The Hall–Kier alpha value is -3.20. The molecule has 0 saturated carbocycles. The number of carbonyl (C=O) groups is 2. The molecule has 0 spiro atoms. The molecule has 1 unspecified atom stereocenters. The number of amides is 2. The molecule has 0 saturated heterocycles. The van der Waals surface area contributed by atoms with Crippen LogP contribution < -0.4 is 10.1 Å². The number of methoxy groups -OCH3 is 2. The van der Waals surface area contributed by atoms with E-state index in [1.54, 1.807) is 32.0 Å². The van der Waals surface area contributed by atoms with Crippen LogP contribution in [0.3, 0.4) is 0 Å². The van der Waals surface area contributed by atoms with Crippen LogP contribution in [0.2, 0.25) is 0 Å². The Bertz CT molecular complexity index is 1020. The highest BCUT2D eigenvalue weighted by Gasteiger charge is 2.37. The smallest absolute Gasteiger partial charge is 0.408 e. The highest BCUT2D eigenvalue weighted by molar-refractivity contribution is 5.97. The molecular weight excluding hydrogens is 422 g/mol. The van der Waals surface area contributed by atoms with Crippen LogP contribution in [-0.2, 0) is 21.4 Å². The molecule has 1 atom stereocenters. The topological polar surface area (TPSA) is 88.1 Å². The largest absolute Gasteiger partial charge is 0.497 e. The van der Waals surface area contributed by atoms with Gasteiger partial charge in [-0.2, -0.15) is 0 Å². The van der Waals surface area contributed by atoms with Gasteiger partial charge in [-0.25, -0.2) is 13.6 Å². The van der Waals surface area contributed by atoms with Crippen molar-refractivity contribution in [2.45, 2.75) is 31.7 Å². The van der Waals surface area contributed by atoms with Crippen LogP contribution in [0.1, 0.15) is 36.6 Å². The molecule has 2 amide bonds. The van der Waals surface area contributed by atoms with E-state index < -0.39 is 35.1 Å². The Kier molecular flexibility index (Phi) is 6.68. The van der Waals surface area contributed by atoms with Crippen molar-refractivity contribution in [3.63, 3.8) is 0 Å². The lowest BCUT2D eigenvalue weighted by Gasteiger charge is -2.34. The molecule has 0 aliphatic carbocycles. The van der Waals surface area contributed by atoms with E-state index in [1.165, 1.54) is 14.2 Å². The summed E-state index contributed by atoms with van der Waals surface area (Å²) < 4.78 is 39.8. The third-order valence-electron chi connectivity index (χ3n) is 5.56. The summed E-state index contributed by atoms with van der Waals surface area (Å²) in [6.45, 7) is 3.49. The molecule has 3 rings (SSSR count). The van der Waals surface area contributed by atoms with Crippen LogP contribution in [0.4, 0.5) is 19.3 Å². The molecule has 1 aliphatic rings. The van der Waals surface area contributed by atoms with Gasteiger partial charge in [-0.1, -0.05) is 19.9 Å². The van der Waals surface area contributed by atoms with Gasteiger partial charge in [0.2, 0.25) is 0 Å². The van der Waals surface area contributed by atoms with Crippen LogP contribution in [0.25, 0.3) is 0 Å². The fraction of sp³-hybridized carbons (Fsp3) is 0.391. The monoisotopic (exact) mass is 448 g/mol. The third kappa shape index (κ3) is 4.52. The van der Waals surface area contributed by atoms with Gasteiger partial charge >= 0.3 is 6.09 Å². The van der Waals surface area contributed by atoms with E-state index in [0.717, 1.165) is 22.6 Å². The van der Waals surface area contributed by atoms with Crippen LogP contribution in [0, 0.1) is 11.6 Å². The van der Waals surface area contributed by atoms with Gasteiger partial charge in [0.05, 0.1) is 13.7 Å². The fourth-order valence-corrected chi connectivity index (χ4v) is 4.15. The van der Waals surface area contributed by atoms with Crippen molar-refractivity contribution >= 4 is 17.7 Å². The molecule has 9 heteroatoms. The molecule has 32 heavy (non-hydrogen) atoms. The first-order valence-electron chi connectivity index (χ1n) is 10.0. The molecule has 1 heterocycles. The maximum atomic E-state index is 14.8. The fourth-order valence-electron chi connectivity index (χ4n) is 4.15. The molecule has 2 N–H and O–H groups in total. The Morgan fingerprint density at radius 1 is 1.19 bits per heavy atom. The zero-order chi connectivity index (χ0) is 23.6. The molecule has 0 radical (unpaired) electrons. The van der Waals surface area contributed by atoms with Gasteiger partial charge in [-0.15, -0.1) is 0 Å². The van der Waals surface area contributed by atoms with Crippen molar-refractivity contribution < 1.29 is 33.0 Å². The Balaban J connectivity index is 1.94. The van der Waals surface area contributed by atoms with E-state index in [2.05, 4.69) is 5.32 Å². The predicted molar refractivity (Wildman–Crippen MR) is 114 cm³/mol. The third-order valence-corrected chi connectivity index (χ3v) is 5.56. The van der Waals surface area contributed by atoms with Crippen LogP contribution in [-0.4, -0.2) is 49.4 Å². The van der Waals surface area contributed by atoms with Crippen molar-refractivity contribution in [1.82, 2.24) is 4.90 Å². The van der Waals surface area contributed by atoms with Crippen molar-refractivity contribution in [2.24, 2.45) is 0 Å². The minimum absolute atomic E-state index is 0.0977. The van der Waals surface area contributed by atoms with E-state index in [0.29, 0.717) is 17.7 Å². The number of carboxylic acid groups (broad SMARTS) is 1. The first-order chi connectivity index (χ1) is 15.1. The number of nitrogens with zero attached hydrogens (tertiary/aromatic N) is 1. The highest BCUT2D eigenvalue weighted by atomic mass is 19.1. The van der Waals surface area contributed by atoms with E-state index in [9.17, 15) is 23.5 Å². The molecule has 2 aromatic rings. The molecule has 7 nitrogen and oxygen atoms in total. The Labute approximate surface area is 184 Å². The van der Waals surface area contributed by atoms with E-state index in [4.69, 9.17) is 9.47 Å². The van der Waals surface area contributed by atoms with Gasteiger partial charge in [-0.3, -0.25) is 9.69 Å². The summed E-state index contributed by atoms with van der Waals surface area (Å²) in [6, 6.07) is 5.90. The molecule has 0 bridgehead atoms. The summed E-state index contributed by atoms with van der Waals surface area (Å²) in [7, 11) is 2.96. The molecule has 2 aromatic carbocycles. The normalized spacial score (nSPS) is 15.8. The first-order valence-corrected chi connectivity index (χ1v) is 10.0. The minimum Gasteiger partial charge on any atom is -0.497 e. The lowest BCUT2D eigenvalue weighted by Crippen LogP contribution is -2.44. The maximum Gasteiger partial charge on any atom is 0.408 e. The lowest BCUT2D eigenvalue weighted by atomic mass is 9.84. The lowest BCUT2D eigenvalue weighted by molar-refractivity contribution is -0.121. The number of benzene rings is 2. The second kappa shape index (κ2) is 9.12. The van der Waals surface area contributed by atoms with Gasteiger partial charge in [0.1, 0.15) is 23.4 Å². The second-order valence-electron chi connectivity index (χ2n) is 8.31. The van der Waals surface area contributed by atoms with Gasteiger partial charge in [0, 0.05) is 30.3 Å². The van der Waals surface area contributed by atoms with Crippen LogP contribution >= 0.6 is 0 Å². The minimum atomic E-state index is -1.26. The van der Waals surface area contributed by atoms with Crippen molar-refractivity contribution in [2.75, 3.05) is 32.7 Å². The van der Waals surface area contributed by atoms with Crippen molar-refractivity contribution in [3.05, 3.63) is 58.7 Å². The highest BCUT2D eigenvalue weighted by Crippen LogP contribution is 2.35. The summed E-state index contributed by atoms with van der Waals surface area (Å²) in [5.41, 5.74) is 0.0896. The van der Waals surface area contributed by atoms with Gasteiger partial charge in [0.15, 0.2) is 0 Å².